The fraction of sp³-hybridized carbons (Fsp3) is 0.929. The van der Waals surface area contributed by atoms with E-state index in [4.69, 9.17) is 0 Å². The van der Waals surface area contributed by atoms with E-state index in [-0.39, 0.29) is 37.4 Å². The molecule has 0 aromatic carbocycles. The number of nitrogens with zero attached hydrogens (tertiary/aromatic N) is 1. The van der Waals surface area contributed by atoms with Crippen molar-refractivity contribution in [2.24, 2.45) is 11.3 Å². The van der Waals surface area contributed by atoms with E-state index in [0.717, 1.165) is 19.3 Å². The van der Waals surface area contributed by atoms with Crippen molar-refractivity contribution >= 4 is 6.03 Å². The lowest BCUT2D eigenvalue weighted by molar-refractivity contribution is -0.222. The van der Waals surface area contributed by atoms with Crippen LogP contribution in [0.5, 0.6) is 0 Å². The lowest BCUT2D eigenvalue weighted by Crippen LogP contribution is -2.49. The number of amides is 2. The van der Waals surface area contributed by atoms with Crippen molar-refractivity contribution in [3.05, 3.63) is 0 Å². The summed E-state index contributed by atoms with van der Waals surface area (Å²) in [7, 11) is 0. The zero-order valence-corrected chi connectivity index (χ0v) is 12.2. The Morgan fingerprint density at radius 1 is 1.38 bits per heavy atom. The maximum atomic E-state index is 12.4. The first-order valence-electron chi connectivity index (χ1n) is 7.55. The average molecular weight is 308 g/mol. The molecule has 1 aliphatic carbocycles. The molecular formula is C14H23F3N2O2. The molecule has 1 aliphatic heterocycles. The Kier molecular flexibility index (Phi) is 4.70. The van der Waals surface area contributed by atoms with Gasteiger partial charge >= 0.3 is 12.2 Å². The van der Waals surface area contributed by atoms with Gasteiger partial charge < -0.3 is 15.3 Å². The number of rotatable bonds is 4. The van der Waals surface area contributed by atoms with E-state index >= 15 is 0 Å². The second-order valence-electron chi connectivity index (χ2n) is 6.32. The first-order chi connectivity index (χ1) is 9.77. The van der Waals surface area contributed by atoms with Gasteiger partial charge in [-0.25, -0.2) is 4.79 Å². The number of piperidine rings is 1. The van der Waals surface area contributed by atoms with Gasteiger partial charge in [0.15, 0.2) is 6.10 Å². The van der Waals surface area contributed by atoms with E-state index in [2.05, 4.69) is 12.2 Å². The zero-order valence-electron chi connectivity index (χ0n) is 12.2. The zero-order chi connectivity index (χ0) is 15.7. The molecule has 2 fully saturated rings. The highest BCUT2D eigenvalue weighted by atomic mass is 19.4. The van der Waals surface area contributed by atoms with Gasteiger partial charge in [-0.05, 0) is 43.4 Å². The van der Waals surface area contributed by atoms with E-state index in [1.165, 1.54) is 0 Å². The van der Waals surface area contributed by atoms with Crippen LogP contribution in [0.15, 0.2) is 0 Å². The van der Waals surface area contributed by atoms with Crippen LogP contribution in [0, 0.1) is 11.3 Å². The van der Waals surface area contributed by atoms with E-state index in [1.54, 1.807) is 4.90 Å². The molecule has 21 heavy (non-hydrogen) atoms. The van der Waals surface area contributed by atoms with Crippen molar-refractivity contribution in [2.45, 2.75) is 51.3 Å². The topological polar surface area (TPSA) is 52.6 Å². The normalized spacial score (nSPS) is 23.8. The molecule has 2 rings (SSSR count). The summed E-state index contributed by atoms with van der Waals surface area (Å²) < 4.78 is 37.3. The molecule has 1 unspecified atom stereocenters. The number of nitrogens with one attached hydrogen (secondary N) is 1. The Hall–Kier alpha value is -0.980. The van der Waals surface area contributed by atoms with Crippen LogP contribution in [0.1, 0.15) is 39.0 Å². The number of carbonyl (C=O) groups excluding carboxylic acids is 1. The number of aliphatic hydroxyl groups excluding tert-OH is 1. The number of alkyl halides is 3. The number of urea groups is 1. The highest BCUT2D eigenvalue weighted by Gasteiger charge is 2.45. The van der Waals surface area contributed by atoms with Crippen molar-refractivity contribution in [1.82, 2.24) is 10.2 Å². The van der Waals surface area contributed by atoms with E-state index in [9.17, 15) is 23.1 Å². The highest BCUT2D eigenvalue weighted by molar-refractivity contribution is 5.74. The Morgan fingerprint density at radius 3 is 2.38 bits per heavy atom. The molecule has 2 N–H and O–H groups in total. The summed E-state index contributed by atoms with van der Waals surface area (Å²) in [5, 5.41) is 12.1. The van der Waals surface area contributed by atoms with Gasteiger partial charge in [0.25, 0.3) is 0 Å². The SMILES string of the molecule is CCC1(CNC(=O)N2CCC(C(O)C(F)(F)F)CC2)CC1. The first kappa shape index (κ1) is 16.4. The lowest BCUT2D eigenvalue weighted by Gasteiger charge is -2.35. The monoisotopic (exact) mass is 308 g/mol. The predicted molar refractivity (Wildman–Crippen MR) is 71.7 cm³/mol. The van der Waals surface area contributed by atoms with Crippen LogP contribution in [0.2, 0.25) is 0 Å². The third-order valence-corrected chi connectivity index (χ3v) is 4.93. The van der Waals surface area contributed by atoms with Gasteiger partial charge in [0, 0.05) is 19.6 Å². The molecule has 2 aliphatic rings. The highest BCUT2D eigenvalue weighted by Crippen LogP contribution is 2.47. The molecule has 0 radical (unpaired) electrons. The van der Waals surface area contributed by atoms with Crippen LogP contribution >= 0.6 is 0 Å². The number of carbonyl (C=O) groups is 1. The van der Waals surface area contributed by atoms with Gasteiger partial charge in [-0.15, -0.1) is 0 Å². The smallest absolute Gasteiger partial charge is 0.383 e. The Morgan fingerprint density at radius 2 is 1.95 bits per heavy atom. The van der Waals surface area contributed by atoms with Crippen molar-refractivity contribution in [3.63, 3.8) is 0 Å². The summed E-state index contributed by atoms with van der Waals surface area (Å²) in [5.74, 6) is -0.806. The third-order valence-electron chi connectivity index (χ3n) is 4.93. The van der Waals surface area contributed by atoms with Crippen molar-refractivity contribution in [3.8, 4) is 0 Å². The molecular weight excluding hydrogens is 285 g/mol. The van der Waals surface area contributed by atoms with Crippen LogP contribution in [0.3, 0.4) is 0 Å². The number of halogens is 3. The summed E-state index contributed by atoms with van der Waals surface area (Å²) in [6.07, 6.45) is -3.19. The largest absolute Gasteiger partial charge is 0.414 e. The van der Waals surface area contributed by atoms with Crippen LogP contribution in [-0.4, -0.2) is 48.0 Å². The van der Waals surface area contributed by atoms with Crippen LogP contribution in [0.4, 0.5) is 18.0 Å². The molecule has 0 aromatic rings. The van der Waals surface area contributed by atoms with Crippen molar-refractivity contribution in [2.75, 3.05) is 19.6 Å². The Bertz CT molecular complexity index is 375. The van der Waals surface area contributed by atoms with Gasteiger partial charge in [-0.2, -0.15) is 13.2 Å². The van der Waals surface area contributed by atoms with Crippen LogP contribution < -0.4 is 5.32 Å². The maximum absolute atomic E-state index is 12.4. The van der Waals surface area contributed by atoms with Gasteiger partial charge in [-0.1, -0.05) is 6.92 Å². The van der Waals surface area contributed by atoms with Crippen molar-refractivity contribution < 1.29 is 23.1 Å². The minimum atomic E-state index is -4.57. The molecule has 0 spiro atoms. The standard InChI is InChI=1S/C14H23F3N2O2/c1-2-13(5-6-13)9-18-12(21)19-7-3-10(4-8-19)11(20)14(15,16)17/h10-11,20H,2-9H2,1H3,(H,18,21). The molecule has 1 atom stereocenters. The molecule has 0 bridgehead atoms. The molecule has 7 heteroatoms. The van der Waals surface area contributed by atoms with E-state index in [0.29, 0.717) is 6.54 Å². The number of aliphatic hydroxyl groups is 1. The Balaban J connectivity index is 1.74. The van der Waals surface area contributed by atoms with Gasteiger partial charge in [0.2, 0.25) is 0 Å². The molecule has 1 saturated heterocycles. The van der Waals surface area contributed by atoms with Gasteiger partial charge in [0.1, 0.15) is 0 Å². The minimum Gasteiger partial charge on any atom is -0.383 e. The van der Waals surface area contributed by atoms with Crippen LogP contribution in [-0.2, 0) is 0 Å². The Labute approximate surface area is 122 Å². The lowest BCUT2D eigenvalue weighted by atomic mass is 9.91. The fourth-order valence-electron chi connectivity index (χ4n) is 2.89. The van der Waals surface area contributed by atoms with E-state index < -0.39 is 18.2 Å². The summed E-state index contributed by atoms with van der Waals surface area (Å²) in [5.41, 5.74) is 0.250. The van der Waals surface area contributed by atoms with Crippen molar-refractivity contribution in [1.29, 1.82) is 0 Å². The van der Waals surface area contributed by atoms with Gasteiger partial charge in [-0.3, -0.25) is 0 Å². The average Bonchev–Trinajstić information content (AvgIpc) is 3.24. The van der Waals surface area contributed by atoms with Crippen LogP contribution in [0.25, 0.3) is 0 Å². The molecule has 2 amide bonds. The summed E-state index contributed by atoms with van der Waals surface area (Å²) in [4.78, 5) is 13.5. The molecule has 1 heterocycles. The summed E-state index contributed by atoms with van der Waals surface area (Å²) in [6.45, 7) is 3.28. The van der Waals surface area contributed by atoms with Gasteiger partial charge in [0.05, 0.1) is 0 Å². The number of hydrogen-bond donors (Lipinski definition) is 2. The summed E-state index contributed by atoms with van der Waals surface area (Å²) >= 11 is 0. The molecule has 0 aromatic heterocycles. The maximum Gasteiger partial charge on any atom is 0.414 e. The third kappa shape index (κ3) is 4.02. The predicted octanol–water partition coefficient (Wildman–Crippen LogP) is 2.52. The number of hydrogen-bond acceptors (Lipinski definition) is 2. The summed E-state index contributed by atoms with van der Waals surface area (Å²) in [6, 6.07) is -0.199. The molecule has 4 nitrogen and oxygen atoms in total. The molecule has 122 valence electrons. The minimum absolute atomic E-state index is 0.188. The second-order valence-corrected chi connectivity index (χ2v) is 6.32. The number of likely N-dealkylation sites (tertiary alicyclic amines) is 1. The second kappa shape index (κ2) is 6.02. The molecule has 1 saturated carbocycles. The van der Waals surface area contributed by atoms with E-state index in [1.807, 2.05) is 0 Å². The fourth-order valence-corrected chi connectivity index (χ4v) is 2.89. The quantitative estimate of drug-likeness (QED) is 0.838. The first-order valence-corrected chi connectivity index (χ1v) is 7.55.